The first-order valence-corrected chi connectivity index (χ1v) is 9.71. The second kappa shape index (κ2) is 11.2. The first-order chi connectivity index (χ1) is 13.9. The van der Waals surface area contributed by atoms with E-state index >= 15 is 0 Å². The summed E-state index contributed by atoms with van der Waals surface area (Å²) in [6.45, 7) is 6.11. The number of carboxylic acids is 1. The number of benzene rings is 2. The Morgan fingerprint density at radius 1 is 1.10 bits per heavy atom. The Morgan fingerprint density at radius 2 is 1.76 bits per heavy atom. The Kier molecular flexibility index (Phi) is 8.68. The lowest BCUT2D eigenvalue weighted by atomic mass is 10.0. The van der Waals surface area contributed by atoms with Crippen LogP contribution in [-0.4, -0.2) is 36.6 Å². The topological polar surface area (TPSA) is 77.4 Å². The van der Waals surface area contributed by atoms with Crippen LogP contribution in [0.4, 0.5) is 0 Å². The molecule has 29 heavy (non-hydrogen) atoms. The molecule has 6 heteroatoms. The zero-order chi connectivity index (χ0) is 21.2. The molecule has 6 nitrogen and oxygen atoms in total. The summed E-state index contributed by atoms with van der Waals surface area (Å²) in [4.78, 5) is 16.8. The van der Waals surface area contributed by atoms with Gasteiger partial charge < -0.3 is 19.4 Å². The van der Waals surface area contributed by atoms with E-state index in [2.05, 4.69) is 24.2 Å². The van der Waals surface area contributed by atoms with Crippen molar-refractivity contribution >= 4 is 12.2 Å². The molecule has 1 N–H and O–H groups in total. The zero-order valence-electron chi connectivity index (χ0n) is 17.4. The highest BCUT2D eigenvalue weighted by Gasteiger charge is 2.20. The molecule has 0 saturated carbocycles. The van der Waals surface area contributed by atoms with Crippen LogP contribution in [0.1, 0.15) is 43.0 Å². The van der Waals surface area contributed by atoms with Gasteiger partial charge in [0.05, 0.1) is 19.4 Å². The van der Waals surface area contributed by atoms with E-state index in [1.54, 1.807) is 19.4 Å². The molecule has 0 aliphatic rings. The van der Waals surface area contributed by atoms with Crippen LogP contribution >= 0.6 is 0 Å². The minimum absolute atomic E-state index is 0.171. The van der Waals surface area contributed by atoms with Crippen LogP contribution in [0.15, 0.2) is 47.6 Å². The van der Waals surface area contributed by atoms with Crippen molar-refractivity contribution in [2.75, 3.05) is 7.11 Å². The summed E-state index contributed by atoms with van der Waals surface area (Å²) in [5.74, 6) is -0.354. The highest BCUT2D eigenvalue weighted by molar-refractivity contribution is 5.83. The molecule has 0 saturated heterocycles. The molecular formula is C23H29NO5. The van der Waals surface area contributed by atoms with Gasteiger partial charge in [0.25, 0.3) is 0 Å². The van der Waals surface area contributed by atoms with Gasteiger partial charge in [0.15, 0.2) is 6.10 Å². The molecule has 0 amide bonds. The molecule has 2 aromatic carbocycles. The van der Waals surface area contributed by atoms with Crippen LogP contribution in [0.3, 0.4) is 0 Å². The lowest BCUT2D eigenvalue weighted by Gasteiger charge is -2.17. The average Bonchev–Trinajstić information content (AvgIpc) is 2.71. The number of oxime groups is 1. The Bertz CT molecular complexity index is 815. The summed E-state index contributed by atoms with van der Waals surface area (Å²) in [5, 5.41) is 13.4. The molecule has 0 heterocycles. The molecule has 0 radical (unpaired) electrons. The molecule has 1 unspecified atom stereocenters. The summed E-state index contributed by atoms with van der Waals surface area (Å²) in [6, 6.07) is 13.6. The van der Waals surface area contributed by atoms with E-state index in [1.165, 1.54) is 5.56 Å². The highest BCUT2D eigenvalue weighted by atomic mass is 16.6. The number of carbonyl (C=O) groups is 1. The normalized spacial score (nSPS) is 12.3. The van der Waals surface area contributed by atoms with E-state index in [1.807, 2.05) is 38.1 Å². The largest absolute Gasteiger partial charge is 0.496 e. The van der Waals surface area contributed by atoms with Gasteiger partial charge >= 0.3 is 5.97 Å². The maximum Gasteiger partial charge on any atom is 0.333 e. The van der Waals surface area contributed by atoms with Crippen LogP contribution in [0.25, 0.3) is 0 Å². The quantitative estimate of drug-likeness (QED) is 0.452. The van der Waals surface area contributed by atoms with Gasteiger partial charge in [-0.3, -0.25) is 0 Å². The molecule has 0 fully saturated rings. The first-order valence-electron chi connectivity index (χ1n) is 9.71. The van der Waals surface area contributed by atoms with Crippen LogP contribution in [-0.2, 0) is 33.8 Å². The number of aliphatic carboxylic acids is 1. The van der Waals surface area contributed by atoms with E-state index in [0.717, 1.165) is 17.5 Å². The third kappa shape index (κ3) is 7.23. The third-order valence-corrected chi connectivity index (χ3v) is 4.36. The fourth-order valence-electron chi connectivity index (χ4n) is 2.82. The molecular weight excluding hydrogens is 370 g/mol. The Labute approximate surface area is 172 Å². The Hall–Kier alpha value is -2.86. The van der Waals surface area contributed by atoms with Crippen molar-refractivity contribution in [2.45, 2.75) is 52.4 Å². The molecule has 0 aromatic heterocycles. The molecule has 156 valence electrons. The smallest absolute Gasteiger partial charge is 0.333 e. The second-order valence-electron chi connectivity index (χ2n) is 6.97. The van der Waals surface area contributed by atoms with Gasteiger partial charge in [0.2, 0.25) is 0 Å². The molecule has 2 rings (SSSR count). The van der Waals surface area contributed by atoms with Crippen LogP contribution in [0.5, 0.6) is 5.75 Å². The van der Waals surface area contributed by atoms with Gasteiger partial charge in [-0.05, 0) is 49.1 Å². The summed E-state index contributed by atoms with van der Waals surface area (Å²) in [6.07, 6.45) is 1.75. The predicted molar refractivity (Wildman–Crippen MR) is 113 cm³/mol. The SMILES string of the molecule is CCc1ccc(CON=Cc2cc(CC(OC(C)C)C(=O)O)ccc2OC)cc1. The van der Waals surface area contributed by atoms with E-state index in [9.17, 15) is 9.90 Å². The summed E-state index contributed by atoms with van der Waals surface area (Å²) < 4.78 is 10.9. The lowest BCUT2D eigenvalue weighted by Crippen LogP contribution is -2.29. The number of carboxylic acid groups (broad SMARTS) is 1. The van der Waals surface area contributed by atoms with Crippen molar-refractivity contribution in [3.05, 3.63) is 64.7 Å². The number of nitrogens with zero attached hydrogens (tertiary/aromatic N) is 1. The van der Waals surface area contributed by atoms with Crippen LogP contribution in [0, 0.1) is 0 Å². The lowest BCUT2D eigenvalue weighted by molar-refractivity contribution is -0.153. The van der Waals surface area contributed by atoms with Crippen molar-refractivity contribution in [3.8, 4) is 5.75 Å². The first kappa shape index (κ1) is 22.4. The number of hydrogen-bond acceptors (Lipinski definition) is 5. The number of hydrogen-bond donors (Lipinski definition) is 1. The molecule has 1 atom stereocenters. The molecule has 0 spiro atoms. The number of aryl methyl sites for hydroxylation is 1. The number of ether oxygens (including phenoxy) is 2. The standard InChI is InChI=1S/C23H29NO5/c1-5-17-6-8-18(9-7-17)15-28-24-14-20-12-19(10-11-21(20)27-4)13-22(23(25)26)29-16(2)3/h6-12,14,16,22H,5,13,15H2,1-4H3,(H,25,26). The molecule has 0 aliphatic heterocycles. The minimum atomic E-state index is -0.984. The highest BCUT2D eigenvalue weighted by Crippen LogP contribution is 2.20. The van der Waals surface area contributed by atoms with Crippen molar-refractivity contribution in [2.24, 2.45) is 5.16 Å². The van der Waals surface area contributed by atoms with E-state index in [0.29, 0.717) is 17.9 Å². The fourth-order valence-corrected chi connectivity index (χ4v) is 2.82. The van der Waals surface area contributed by atoms with Gasteiger partial charge in [-0.25, -0.2) is 4.79 Å². The minimum Gasteiger partial charge on any atom is -0.496 e. The number of rotatable bonds is 11. The molecule has 0 aliphatic carbocycles. The fraction of sp³-hybridized carbons (Fsp3) is 0.391. The average molecular weight is 399 g/mol. The Balaban J connectivity index is 2.04. The van der Waals surface area contributed by atoms with Crippen molar-refractivity contribution < 1.29 is 24.2 Å². The number of methoxy groups -OCH3 is 1. The van der Waals surface area contributed by atoms with Gasteiger partial charge in [-0.2, -0.15) is 0 Å². The second-order valence-corrected chi connectivity index (χ2v) is 6.97. The van der Waals surface area contributed by atoms with Gasteiger partial charge in [-0.15, -0.1) is 0 Å². The van der Waals surface area contributed by atoms with Gasteiger partial charge in [0, 0.05) is 12.0 Å². The van der Waals surface area contributed by atoms with Crippen molar-refractivity contribution in [3.63, 3.8) is 0 Å². The van der Waals surface area contributed by atoms with Crippen LogP contribution in [0.2, 0.25) is 0 Å². The van der Waals surface area contributed by atoms with E-state index < -0.39 is 12.1 Å². The maximum atomic E-state index is 11.4. The third-order valence-electron chi connectivity index (χ3n) is 4.36. The maximum absolute atomic E-state index is 11.4. The zero-order valence-corrected chi connectivity index (χ0v) is 17.4. The van der Waals surface area contributed by atoms with Gasteiger partial charge in [-0.1, -0.05) is 42.4 Å². The predicted octanol–water partition coefficient (Wildman–Crippen LogP) is 4.23. The van der Waals surface area contributed by atoms with Crippen LogP contribution < -0.4 is 4.74 Å². The van der Waals surface area contributed by atoms with E-state index in [-0.39, 0.29) is 12.5 Å². The summed E-state index contributed by atoms with van der Waals surface area (Å²) in [7, 11) is 1.57. The van der Waals surface area contributed by atoms with Crippen molar-refractivity contribution in [1.29, 1.82) is 0 Å². The van der Waals surface area contributed by atoms with E-state index in [4.69, 9.17) is 14.3 Å². The molecule has 0 bridgehead atoms. The van der Waals surface area contributed by atoms with Gasteiger partial charge in [0.1, 0.15) is 12.4 Å². The summed E-state index contributed by atoms with van der Waals surface area (Å²) in [5.41, 5.74) is 3.84. The molecule has 2 aromatic rings. The monoisotopic (exact) mass is 399 g/mol. The van der Waals surface area contributed by atoms with Crippen molar-refractivity contribution in [1.82, 2.24) is 0 Å². The summed E-state index contributed by atoms with van der Waals surface area (Å²) >= 11 is 0. The Morgan fingerprint density at radius 3 is 2.34 bits per heavy atom.